The van der Waals surface area contributed by atoms with Gasteiger partial charge in [-0.3, -0.25) is 19.3 Å². The summed E-state index contributed by atoms with van der Waals surface area (Å²) in [4.78, 5) is 37.9. The lowest BCUT2D eigenvalue weighted by molar-refractivity contribution is -0.121. The Labute approximate surface area is 162 Å². The number of amides is 3. The Morgan fingerprint density at radius 3 is 2.73 bits per heavy atom. The van der Waals surface area contributed by atoms with E-state index < -0.39 is 0 Å². The molecule has 3 amide bonds. The first kappa shape index (κ1) is 18.8. The van der Waals surface area contributed by atoms with E-state index in [2.05, 4.69) is 27.3 Å². The van der Waals surface area contributed by atoms with E-state index in [9.17, 15) is 14.4 Å². The molecule has 1 heterocycles. The van der Waals surface area contributed by atoms with Crippen LogP contribution < -0.4 is 5.32 Å². The third-order valence-electron chi connectivity index (χ3n) is 4.87. The third-order valence-corrected chi connectivity index (χ3v) is 5.36. The first-order chi connectivity index (χ1) is 12.6. The topological polar surface area (TPSA) is 66.5 Å². The van der Waals surface area contributed by atoms with Crippen molar-refractivity contribution in [2.75, 3.05) is 13.1 Å². The van der Waals surface area contributed by atoms with Crippen LogP contribution in [0, 0.1) is 0 Å². The van der Waals surface area contributed by atoms with Crippen LogP contribution in [0.5, 0.6) is 0 Å². The molecule has 1 aromatic rings. The largest absolute Gasteiger partial charge is 0.356 e. The second kappa shape index (κ2) is 8.62. The van der Waals surface area contributed by atoms with E-state index in [0.717, 1.165) is 23.7 Å². The standard InChI is InChI=1S/C20H23BrN2O3/c21-15-8-9-16-17(13-15)20(26)23(19(16)25)12-4-7-18(24)22-11-10-14-5-2-1-3-6-14/h5,8-9,13H,1-4,6-7,10-12H2,(H,22,24). The second-order valence-corrected chi connectivity index (χ2v) is 7.68. The quantitative estimate of drug-likeness (QED) is 0.540. The lowest BCUT2D eigenvalue weighted by atomic mass is 9.97. The van der Waals surface area contributed by atoms with E-state index in [0.29, 0.717) is 30.5 Å². The maximum absolute atomic E-state index is 12.4. The lowest BCUT2D eigenvalue weighted by Gasteiger charge is -2.14. The molecular formula is C20H23BrN2O3. The number of imide groups is 1. The number of rotatable bonds is 7. The smallest absolute Gasteiger partial charge is 0.261 e. The number of nitrogens with zero attached hydrogens (tertiary/aromatic N) is 1. The minimum Gasteiger partial charge on any atom is -0.356 e. The molecule has 2 aliphatic rings. The lowest BCUT2D eigenvalue weighted by Crippen LogP contribution is -2.32. The number of carbonyl (C=O) groups is 3. The summed E-state index contributed by atoms with van der Waals surface area (Å²) in [5.74, 6) is -0.584. The van der Waals surface area contributed by atoms with Gasteiger partial charge >= 0.3 is 0 Å². The van der Waals surface area contributed by atoms with Crippen LogP contribution in [0.3, 0.4) is 0 Å². The van der Waals surface area contributed by atoms with Crippen LogP contribution in [0.2, 0.25) is 0 Å². The highest BCUT2D eigenvalue weighted by Crippen LogP contribution is 2.26. The Balaban J connectivity index is 1.41. The zero-order chi connectivity index (χ0) is 18.5. The van der Waals surface area contributed by atoms with Gasteiger partial charge in [-0.2, -0.15) is 0 Å². The molecule has 0 spiro atoms. The number of hydrogen-bond donors (Lipinski definition) is 1. The Kier molecular flexibility index (Phi) is 6.25. The number of carbonyl (C=O) groups excluding carboxylic acids is 3. The molecule has 1 aliphatic heterocycles. The van der Waals surface area contributed by atoms with E-state index in [1.807, 2.05) is 0 Å². The van der Waals surface area contributed by atoms with Crippen LogP contribution in [-0.2, 0) is 4.79 Å². The molecule has 0 aromatic heterocycles. The zero-order valence-electron chi connectivity index (χ0n) is 14.7. The first-order valence-electron chi connectivity index (χ1n) is 9.16. The highest BCUT2D eigenvalue weighted by Gasteiger charge is 2.35. The molecule has 1 N–H and O–H groups in total. The SMILES string of the molecule is O=C(CCCN1C(=O)c2ccc(Br)cc2C1=O)NCCC1=CCCCC1. The molecular weight excluding hydrogens is 396 g/mol. The van der Waals surface area contributed by atoms with Gasteiger partial charge in [-0.25, -0.2) is 0 Å². The molecule has 0 atom stereocenters. The number of nitrogens with one attached hydrogen (secondary N) is 1. The van der Waals surface area contributed by atoms with Gasteiger partial charge in [0.2, 0.25) is 5.91 Å². The molecule has 0 unspecified atom stereocenters. The van der Waals surface area contributed by atoms with Crippen LogP contribution in [0.1, 0.15) is 65.7 Å². The fourth-order valence-corrected chi connectivity index (χ4v) is 3.81. The van der Waals surface area contributed by atoms with Crippen molar-refractivity contribution in [2.24, 2.45) is 0 Å². The predicted octanol–water partition coefficient (Wildman–Crippen LogP) is 3.83. The molecule has 0 radical (unpaired) electrons. The molecule has 5 nitrogen and oxygen atoms in total. The Morgan fingerprint density at radius 2 is 1.96 bits per heavy atom. The minimum absolute atomic E-state index is 0.0271. The minimum atomic E-state index is -0.282. The van der Waals surface area contributed by atoms with Crippen molar-refractivity contribution in [3.8, 4) is 0 Å². The van der Waals surface area contributed by atoms with Crippen LogP contribution >= 0.6 is 15.9 Å². The fraction of sp³-hybridized carbons (Fsp3) is 0.450. The van der Waals surface area contributed by atoms with Gasteiger partial charge in [0, 0.05) is 24.0 Å². The van der Waals surface area contributed by atoms with Gasteiger partial charge in [0.1, 0.15) is 0 Å². The monoisotopic (exact) mass is 418 g/mol. The van der Waals surface area contributed by atoms with E-state index in [1.54, 1.807) is 18.2 Å². The number of halogens is 1. The van der Waals surface area contributed by atoms with Gasteiger partial charge in [0.15, 0.2) is 0 Å². The molecule has 0 fully saturated rings. The highest BCUT2D eigenvalue weighted by atomic mass is 79.9. The molecule has 1 aliphatic carbocycles. The van der Waals surface area contributed by atoms with E-state index >= 15 is 0 Å². The van der Waals surface area contributed by atoms with Crippen molar-refractivity contribution in [1.29, 1.82) is 0 Å². The van der Waals surface area contributed by atoms with Crippen molar-refractivity contribution in [3.05, 3.63) is 45.4 Å². The number of benzene rings is 1. The van der Waals surface area contributed by atoms with Gasteiger partial charge in [-0.05, 0) is 56.7 Å². The molecule has 0 saturated heterocycles. The van der Waals surface area contributed by atoms with Crippen LogP contribution in [0.4, 0.5) is 0 Å². The van der Waals surface area contributed by atoms with E-state index in [1.165, 1.54) is 23.3 Å². The summed E-state index contributed by atoms with van der Waals surface area (Å²) in [5, 5.41) is 2.93. The van der Waals surface area contributed by atoms with Crippen LogP contribution in [-0.4, -0.2) is 35.7 Å². The fourth-order valence-electron chi connectivity index (χ4n) is 3.45. The average Bonchev–Trinajstić information content (AvgIpc) is 2.87. The molecule has 26 heavy (non-hydrogen) atoms. The van der Waals surface area contributed by atoms with Crippen LogP contribution in [0.25, 0.3) is 0 Å². The Morgan fingerprint density at radius 1 is 1.15 bits per heavy atom. The molecule has 0 bridgehead atoms. The van der Waals surface area contributed by atoms with Gasteiger partial charge in [0.05, 0.1) is 11.1 Å². The van der Waals surface area contributed by atoms with Crippen molar-refractivity contribution in [3.63, 3.8) is 0 Å². The first-order valence-corrected chi connectivity index (χ1v) is 9.96. The highest BCUT2D eigenvalue weighted by molar-refractivity contribution is 9.10. The summed E-state index contributed by atoms with van der Waals surface area (Å²) in [7, 11) is 0. The molecule has 138 valence electrons. The molecule has 0 saturated carbocycles. The van der Waals surface area contributed by atoms with E-state index in [4.69, 9.17) is 0 Å². The average molecular weight is 419 g/mol. The normalized spacial score (nSPS) is 16.5. The molecule has 6 heteroatoms. The predicted molar refractivity (Wildman–Crippen MR) is 103 cm³/mol. The maximum atomic E-state index is 12.4. The van der Waals surface area contributed by atoms with Crippen molar-refractivity contribution < 1.29 is 14.4 Å². The van der Waals surface area contributed by atoms with Gasteiger partial charge in [0.25, 0.3) is 11.8 Å². The maximum Gasteiger partial charge on any atom is 0.261 e. The van der Waals surface area contributed by atoms with Gasteiger partial charge in [-0.15, -0.1) is 0 Å². The molecule has 3 rings (SSSR count). The summed E-state index contributed by atoms with van der Waals surface area (Å²) >= 11 is 3.32. The number of fused-ring (bicyclic) bond motifs is 1. The van der Waals surface area contributed by atoms with Gasteiger partial charge < -0.3 is 5.32 Å². The number of hydrogen-bond acceptors (Lipinski definition) is 3. The summed E-state index contributed by atoms with van der Waals surface area (Å²) in [5.41, 5.74) is 2.30. The summed E-state index contributed by atoms with van der Waals surface area (Å²) in [6.07, 6.45) is 8.81. The summed E-state index contributed by atoms with van der Waals surface area (Å²) in [6, 6.07) is 5.08. The Bertz CT molecular complexity index is 757. The molecule has 1 aromatic carbocycles. The summed E-state index contributed by atoms with van der Waals surface area (Å²) in [6.45, 7) is 0.925. The number of allylic oxidation sites excluding steroid dienone is 1. The van der Waals surface area contributed by atoms with Gasteiger partial charge in [-0.1, -0.05) is 27.6 Å². The van der Waals surface area contributed by atoms with Crippen molar-refractivity contribution in [2.45, 2.75) is 44.9 Å². The van der Waals surface area contributed by atoms with E-state index in [-0.39, 0.29) is 24.3 Å². The summed E-state index contributed by atoms with van der Waals surface area (Å²) < 4.78 is 0.770. The zero-order valence-corrected chi connectivity index (χ0v) is 16.3. The Hall–Kier alpha value is -1.95. The van der Waals surface area contributed by atoms with Crippen molar-refractivity contribution in [1.82, 2.24) is 10.2 Å². The second-order valence-electron chi connectivity index (χ2n) is 6.76. The van der Waals surface area contributed by atoms with Crippen LogP contribution in [0.15, 0.2) is 34.3 Å². The third kappa shape index (κ3) is 4.41. The van der Waals surface area contributed by atoms with Crippen molar-refractivity contribution >= 4 is 33.7 Å².